The molecule has 0 spiro atoms. The number of alkyl halides is 1. The van der Waals surface area contributed by atoms with Crippen molar-refractivity contribution in [3.8, 4) is 0 Å². The average Bonchev–Trinajstić information content (AvgIpc) is 2.91. The summed E-state index contributed by atoms with van der Waals surface area (Å²) in [5.74, 6) is 0.275. The lowest BCUT2D eigenvalue weighted by atomic mass is 10.2. The van der Waals surface area contributed by atoms with Gasteiger partial charge in [0.05, 0.1) is 0 Å². The van der Waals surface area contributed by atoms with Crippen LogP contribution in [-0.4, -0.2) is 22.0 Å². The molecule has 0 bridgehead atoms. The van der Waals surface area contributed by atoms with Crippen LogP contribution in [0.1, 0.15) is 17.0 Å². The molecule has 4 nitrogen and oxygen atoms in total. The Balaban J connectivity index is 1.94. The molecule has 1 heterocycles. The maximum absolute atomic E-state index is 11.8. The first-order valence-electron chi connectivity index (χ1n) is 6.41. The number of carbonyl (C=O) groups is 1. The van der Waals surface area contributed by atoms with Crippen molar-refractivity contribution in [3.63, 3.8) is 0 Å². The van der Waals surface area contributed by atoms with Crippen molar-refractivity contribution >= 4 is 63.3 Å². The van der Waals surface area contributed by atoms with Gasteiger partial charge in [-0.3, -0.25) is 10.1 Å². The standard InChI is InChI=1S/C14H12Cl3N3OS/c15-7-1-2-13-19-20-14(22-13)18-12(21)6-4-9-3-5-10(16)8-11(9)17/h3-6,8H,1-2,7H2,(H,18,20,21)/b6-4+. The molecule has 1 amide bonds. The Morgan fingerprint density at radius 1 is 1.32 bits per heavy atom. The number of hydrogen-bond donors (Lipinski definition) is 1. The van der Waals surface area contributed by atoms with E-state index in [1.807, 2.05) is 0 Å². The lowest BCUT2D eigenvalue weighted by molar-refractivity contribution is -0.111. The van der Waals surface area contributed by atoms with Crippen molar-refractivity contribution in [2.45, 2.75) is 12.8 Å². The van der Waals surface area contributed by atoms with E-state index in [9.17, 15) is 4.79 Å². The Bertz CT molecular complexity index is 688. The molecule has 0 saturated carbocycles. The van der Waals surface area contributed by atoms with Crippen LogP contribution in [0.25, 0.3) is 6.08 Å². The number of aromatic nitrogens is 2. The minimum absolute atomic E-state index is 0.300. The highest BCUT2D eigenvalue weighted by atomic mass is 35.5. The van der Waals surface area contributed by atoms with E-state index >= 15 is 0 Å². The zero-order chi connectivity index (χ0) is 15.9. The molecule has 2 aromatic rings. The van der Waals surface area contributed by atoms with Crippen LogP contribution in [0.3, 0.4) is 0 Å². The molecule has 1 aromatic carbocycles. The summed E-state index contributed by atoms with van der Waals surface area (Å²) in [6, 6.07) is 5.07. The van der Waals surface area contributed by atoms with E-state index in [2.05, 4.69) is 15.5 Å². The maximum Gasteiger partial charge on any atom is 0.250 e. The van der Waals surface area contributed by atoms with Gasteiger partial charge in [0.25, 0.3) is 0 Å². The number of amides is 1. The largest absolute Gasteiger partial charge is 0.297 e. The number of halogens is 3. The zero-order valence-corrected chi connectivity index (χ0v) is 14.4. The fourth-order valence-electron chi connectivity index (χ4n) is 1.57. The topological polar surface area (TPSA) is 54.9 Å². The van der Waals surface area contributed by atoms with Gasteiger partial charge in [-0.15, -0.1) is 21.8 Å². The van der Waals surface area contributed by atoms with Crippen LogP contribution < -0.4 is 5.32 Å². The molecule has 0 aliphatic rings. The first kappa shape index (κ1) is 17.2. The van der Waals surface area contributed by atoms with E-state index < -0.39 is 0 Å². The van der Waals surface area contributed by atoms with E-state index in [0.29, 0.717) is 26.6 Å². The molecule has 0 saturated heterocycles. The van der Waals surface area contributed by atoms with Crippen molar-refractivity contribution in [2.75, 3.05) is 11.2 Å². The number of rotatable bonds is 6. The first-order valence-corrected chi connectivity index (χ1v) is 8.51. The predicted molar refractivity (Wildman–Crippen MR) is 93.1 cm³/mol. The minimum atomic E-state index is -0.300. The molecule has 22 heavy (non-hydrogen) atoms. The van der Waals surface area contributed by atoms with Crippen LogP contribution in [0.15, 0.2) is 24.3 Å². The normalized spacial score (nSPS) is 11.0. The molecule has 2 rings (SSSR count). The summed E-state index contributed by atoms with van der Waals surface area (Å²) in [6.07, 6.45) is 4.59. The van der Waals surface area contributed by atoms with E-state index in [4.69, 9.17) is 34.8 Å². The highest BCUT2D eigenvalue weighted by molar-refractivity contribution is 7.15. The third-order valence-corrected chi connectivity index (χ3v) is 4.33. The van der Waals surface area contributed by atoms with Crippen molar-refractivity contribution in [1.82, 2.24) is 10.2 Å². The Morgan fingerprint density at radius 3 is 2.86 bits per heavy atom. The van der Waals surface area contributed by atoms with Gasteiger partial charge in [-0.25, -0.2) is 0 Å². The van der Waals surface area contributed by atoms with Gasteiger partial charge in [-0.2, -0.15) is 0 Å². The molecular weight excluding hydrogens is 365 g/mol. The third kappa shape index (κ3) is 5.25. The number of aryl methyl sites for hydroxylation is 1. The van der Waals surface area contributed by atoms with Gasteiger partial charge >= 0.3 is 0 Å². The number of anilines is 1. The quantitative estimate of drug-likeness (QED) is 0.589. The Kier molecular flexibility index (Phi) is 6.64. The van der Waals surface area contributed by atoms with Crippen LogP contribution in [0.2, 0.25) is 10.0 Å². The highest BCUT2D eigenvalue weighted by Gasteiger charge is 2.06. The second kappa shape index (κ2) is 8.48. The monoisotopic (exact) mass is 375 g/mol. The summed E-state index contributed by atoms with van der Waals surface area (Å²) in [5, 5.41) is 12.9. The summed E-state index contributed by atoms with van der Waals surface area (Å²) in [5.41, 5.74) is 0.710. The molecule has 116 valence electrons. The smallest absolute Gasteiger partial charge is 0.250 e. The van der Waals surface area contributed by atoms with E-state index in [1.165, 1.54) is 17.4 Å². The fourth-order valence-corrected chi connectivity index (χ4v) is 2.96. The molecular formula is C14H12Cl3N3OS. The second-order valence-corrected chi connectivity index (χ2v) is 6.57. The van der Waals surface area contributed by atoms with Crippen LogP contribution >= 0.6 is 46.1 Å². The predicted octanol–water partition coefficient (Wildman–Crippen LogP) is 4.67. The fraction of sp³-hybridized carbons (Fsp3) is 0.214. The molecule has 0 fully saturated rings. The van der Waals surface area contributed by atoms with E-state index in [1.54, 1.807) is 24.3 Å². The van der Waals surface area contributed by atoms with E-state index in [0.717, 1.165) is 17.8 Å². The van der Waals surface area contributed by atoms with Gasteiger partial charge < -0.3 is 0 Å². The molecule has 0 radical (unpaired) electrons. The van der Waals surface area contributed by atoms with Crippen molar-refractivity contribution in [1.29, 1.82) is 0 Å². The van der Waals surface area contributed by atoms with Gasteiger partial charge in [0.1, 0.15) is 5.01 Å². The lowest BCUT2D eigenvalue weighted by Crippen LogP contribution is -2.07. The number of nitrogens with zero attached hydrogens (tertiary/aromatic N) is 2. The summed E-state index contributed by atoms with van der Waals surface area (Å²) < 4.78 is 0. The van der Waals surface area contributed by atoms with Crippen molar-refractivity contribution in [2.24, 2.45) is 0 Å². The van der Waals surface area contributed by atoms with Gasteiger partial charge in [0, 0.05) is 28.4 Å². The zero-order valence-electron chi connectivity index (χ0n) is 11.4. The average molecular weight is 377 g/mol. The summed E-state index contributed by atoms with van der Waals surface area (Å²) in [6.45, 7) is 0. The van der Waals surface area contributed by atoms with Crippen molar-refractivity contribution < 1.29 is 4.79 Å². The maximum atomic E-state index is 11.8. The van der Waals surface area contributed by atoms with Gasteiger partial charge in [-0.05, 0) is 30.2 Å². The molecule has 1 N–H and O–H groups in total. The van der Waals surface area contributed by atoms with Crippen LogP contribution in [0, 0.1) is 0 Å². The Hall–Kier alpha value is -1.14. The molecule has 0 unspecified atom stereocenters. The first-order chi connectivity index (χ1) is 10.6. The van der Waals surface area contributed by atoms with Crippen molar-refractivity contribution in [3.05, 3.63) is 44.9 Å². The Labute approximate surface area is 147 Å². The minimum Gasteiger partial charge on any atom is -0.297 e. The number of hydrogen-bond acceptors (Lipinski definition) is 4. The lowest BCUT2D eigenvalue weighted by Gasteiger charge is -1.99. The van der Waals surface area contributed by atoms with Gasteiger partial charge in [0.15, 0.2) is 0 Å². The molecule has 8 heteroatoms. The van der Waals surface area contributed by atoms with Gasteiger partial charge in [0.2, 0.25) is 11.0 Å². The van der Waals surface area contributed by atoms with Gasteiger partial charge in [-0.1, -0.05) is 40.6 Å². The van der Waals surface area contributed by atoms with E-state index in [-0.39, 0.29) is 5.91 Å². The second-order valence-electron chi connectivity index (χ2n) is 4.28. The third-order valence-electron chi connectivity index (χ3n) is 2.60. The van der Waals surface area contributed by atoms with Crippen LogP contribution in [-0.2, 0) is 11.2 Å². The molecule has 0 aliphatic carbocycles. The SMILES string of the molecule is O=C(/C=C/c1ccc(Cl)cc1Cl)Nc1nnc(CCCCl)s1. The number of carbonyl (C=O) groups excluding carboxylic acids is 1. The number of nitrogens with one attached hydrogen (secondary N) is 1. The summed E-state index contributed by atoms with van der Waals surface area (Å²) >= 11 is 18.8. The molecule has 0 atom stereocenters. The molecule has 1 aromatic heterocycles. The summed E-state index contributed by atoms with van der Waals surface area (Å²) in [4.78, 5) is 11.8. The number of benzene rings is 1. The van der Waals surface area contributed by atoms with Crippen LogP contribution in [0.4, 0.5) is 5.13 Å². The Morgan fingerprint density at radius 2 is 2.14 bits per heavy atom. The summed E-state index contributed by atoms with van der Waals surface area (Å²) in [7, 11) is 0. The molecule has 0 aliphatic heterocycles. The van der Waals surface area contributed by atoms with Crippen LogP contribution in [0.5, 0.6) is 0 Å². The highest BCUT2D eigenvalue weighted by Crippen LogP contribution is 2.22.